The average Bonchev–Trinajstić information content (AvgIpc) is 2.35. The number of hydrogen-bond donors (Lipinski definition) is 0. The van der Waals surface area contributed by atoms with Crippen molar-refractivity contribution in [2.24, 2.45) is 5.92 Å². The molecule has 0 spiro atoms. The molecule has 5 heteroatoms. The van der Waals surface area contributed by atoms with Crippen LogP contribution in [0.3, 0.4) is 0 Å². The molecule has 0 bridgehead atoms. The molecular weight excluding hydrogens is 232 g/mol. The van der Waals surface area contributed by atoms with Gasteiger partial charge >= 0.3 is 6.03 Å². The van der Waals surface area contributed by atoms with E-state index in [4.69, 9.17) is 0 Å². The van der Waals surface area contributed by atoms with Crippen molar-refractivity contribution >= 4 is 17.8 Å². The molecule has 1 fully saturated rings. The molecule has 0 radical (unpaired) electrons. The first-order valence-corrected chi connectivity index (χ1v) is 6.62. The highest BCUT2D eigenvalue weighted by Gasteiger charge is 2.36. The third-order valence-corrected chi connectivity index (χ3v) is 3.48. The highest BCUT2D eigenvalue weighted by Crippen LogP contribution is 2.18. The highest BCUT2D eigenvalue weighted by atomic mass is 16.2. The fraction of sp³-hybridized carbons (Fsp3) is 0.769. The number of unbranched alkanes of at least 4 members (excludes halogenated alkanes) is 1. The fourth-order valence-electron chi connectivity index (χ4n) is 2.09. The van der Waals surface area contributed by atoms with E-state index in [2.05, 4.69) is 13.8 Å². The number of carbonyl (C=O) groups excluding carboxylic acids is 3. The van der Waals surface area contributed by atoms with Gasteiger partial charge in [0, 0.05) is 13.6 Å². The average molecular weight is 254 g/mol. The molecule has 1 rings (SSSR count). The molecule has 4 amide bonds. The van der Waals surface area contributed by atoms with Gasteiger partial charge in [-0.1, -0.05) is 33.1 Å². The van der Waals surface area contributed by atoms with Gasteiger partial charge in [-0.2, -0.15) is 0 Å². The maximum Gasteiger partial charge on any atom is 0.333 e. The van der Waals surface area contributed by atoms with Gasteiger partial charge in [-0.05, 0) is 12.3 Å². The molecule has 0 aromatic carbocycles. The largest absolute Gasteiger partial charge is 0.333 e. The normalized spacial score (nSPS) is 18.5. The Kier molecular flexibility index (Phi) is 5.31. The number of rotatable bonds is 6. The third-order valence-electron chi connectivity index (χ3n) is 3.48. The Morgan fingerprint density at radius 2 is 1.83 bits per heavy atom. The summed E-state index contributed by atoms with van der Waals surface area (Å²) >= 11 is 0. The Hall–Kier alpha value is -1.39. The van der Waals surface area contributed by atoms with E-state index in [1.807, 2.05) is 0 Å². The van der Waals surface area contributed by atoms with Crippen LogP contribution in [0.25, 0.3) is 0 Å². The Labute approximate surface area is 108 Å². The predicted molar refractivity (Wildman–Crippen MR) is 67.8 cm³/mol. The minimum absolute atomic E-state index is 0.188. The van der Waals surface area contributed by atoms with Crippen molar-refractivity contribution in [1.82, 2.24) is 9.80 Å². The molecule has 0 saturated carbocycles. The van der Waals surface area contributed by atoms with E-state index < -0.39 is 11.9 Å². The SMILES string of the molecule is CCCCC(CC)CN1C(=O)CC(=O)N(C)C1=O. The fourth-order valence-corrected chi connectivity index (χ4v) is 2.09. The molecule has 102 valence electrons. The number of barbiturate groups is 1. The summed E-state index contributed by atoms with van der Waals surface area (Å²) in [6.45, 7) is 4.62. The van der Waals surface area contributed by atoms with Gasteiger partial charge in [0.2, 0.25) is 11.8 Å². The van der Waals surface area contributed by atoms with Crippen LogP contribution in [0.5, 0.6) is 0 Å². The molecule has 0 aromatic rings. The molecule has 18 heavy (non-hydrogen) atoms. The van der Waals surface area contributed by atoms with Gasteiger partial charge in [-0.25, -0.2) is 4.79 Å². The number of imide groups is 2. The summed E-state index contributed by atoms with van der Waals surface area (Å²) in [5.74, 6) is -0.444. The molecule has 5 nitrogen and oxygen atoms in total. The predicted octanol–water partition coefficient (Wildman–Crippen LogP) is 2.01. The highest BCUT2D eigenvalue weighted by molar-refractivity contribution is 6.13. The summed E-state index contributed by atoms with van der Waals surface area (Å²) in [7, 11) is 1.43. The summed E-state index contributed by atoms with van der Waals surface area (Å²) in [4.78, 5) is 37.2. The van der Waals surface area contributed by atoms with Crippen molar-refractivity contribution in [3.63, 3.8) is 0 Å². The van der Waals surface area contributed by atoms with Crippen LogP contribution in [0, 0.1) is 5.92 Å². The quantitative estimate of drug-likeness (QED) is 0.681. The molecular formula is C13H22N2O3. The maximum atomic E-state index is 11.9. The van der Waals surface area contributed by atoms with Gasteiger partial charge < -0.3 is 0 Å². The van der Waals surface area contributed by atoms with E-state index in [1.165, 1.54) is 11.9 Å². The number of amides is 4. The Bertz CT molecular complexity index is 341. The van der Waals surface area contributed by atoms with Crippen LogP contribution in [-0.2, 0) is 9.59 Å². The molecule has 0 aliphatic carbocycles. The second-order valence-electron chi connectivity index (χ2n) is 4.83. The van der Waals surface area contributed by atoms with Gasteiger partial charge in [-0.3, -0.25) is 19.4 Å². The maximum absolute atomic E-state index is 11.9. The molecule has 1 atom stereocenters. The van der Waals surface area contributed by atoms with Gasteiger partial charge in [-0.15, -0.1) is 0 Å². The number of hydrogen-bond acceptors (Lipinski definition) is 3. The lowest BCUT2D eigenvalue weighted by Crippen LogP contribution is -2.54. The van der Waals surface area contributed by atoms with Crippen molar-refractivity contribution in [3.8, 4) is 0 Å². The zero-order chi connectivity index (χ0) is 13.7. The van der Waals surface area contributed by atoms with Crippen molar-refractivity contribution in [1.29, 1.82) is 0 Å². The lowest BCUT2D eigenvalue weighted by molar-refractivity contribution is -0.142. The minimum Gasteiger partial charge on any atom is -0.274 e. The van der Waals surface area contributed by atoms with Crippen LogP contribution >= 0.6 is 0 Å². The molecule has 1 unspecified atom stereocenters. The van der Waals surface area contributed by atoms with Crippen LogP contribution in [0.2, 0.25) is 0 Å². The van der Waals surface area contributed by atoms with Gasteiger partial charge in [0.1, 0.15) is 6.42 Å². The topological polar surface area (TPSA) is 57.7 Å². The second kappa shape index (κ2) is 6.52. The van der Waals surface area contributed by atoms with E-state index >= 15 is 0 Å². The lowest BCUT2D eigenvalue weighted by atomic mass is 9.98. The zero-order valence-electron chi connectivity index (χ0n) is 11.4. The molecule has 1 aliphatic rings. The summed E-state index contributed by atoms with van der Waals surface area (Å²) in [5.41, 5.74) is 0. The van der Waals surface area contributed by atoms with E-state index in [0.29, 0.717) is 12.5 Å². The van der Waals surface area contributed by atoms with E-state index in [1.54, 1.807) is 0 Å². The van der Waals surface area contributed by atoms with E-state index in [9.17, 15) is 14.4 Å². The molecule has 1 saturated heterocycles. The van der Waals surface area contributed by atoms with Crippen molar-refractivity contribution in [3.05, 3.63) is 0 Å². The molecule has 1 aliphatic heterocycles. The monoisotopic (exact) mass is 254 g/mol. The number of carbonyl (C=O) groups is 3. The van der Waals surface area contributed by atoms with E-state index in [0.717, 1.165) is 30.6 Å². The first-order valence-electron chi connectivity index (χ1n) is 6.62. The summed E-state index contributed by atoms with van der Waals surface area (Å²) in [6.07, 6.45) is 3.98. The first kappa shape index (κ1) is 14.7. The second-order valence-corrected chi connectivity index (χ2v) is 4.83. The third kappa shape index (κ3) is 3.31. The molecule has 0 N–H and O–H groups in total. The van der Waals surface area contributed by atoms with E-state index in [-0.39, 0.29) is 12.3 Å². The number of nitrogens with zero attached hydrogens (tertiary/aromatic N) is 2. The Morgan fingerprint density at radius 1 is 1.17 bits per heavy atom. The van der Waals surface area contributed by atoms with Gasteiger partial charge in [0.25, 0.3) is 0 Å². The summed E-state index contributed by atoms with van der Waals surface area (Å²) < 4.78 is 0. The molecule has 0 aromatic heterocycles. The van der Waals surface area contributed by atoms with Crippen molar-refractivity contribution in [2.45, 2.75) is 46.0 Å². The van der Waals surface area contributed by atoms with Crippen molar-refractivity contribution < 1.29 is 14.4 Å². The lowest BCUT2D eigenvalue weighted by Gasteiger charge is -2.32. The van der Waals surface area contributed by atoms with Crippen molar-refractivity contribution in [2.75, 3.05) is 13.6 Å². The van der Waals surface area contributed by atoms with Crippen LogP contribution in [0.1, 0.15) is 46.0 Å². The summed E-state index contributed by atoms with van der Waals surface area (Å²) in [5, 5.41) is 0. The standard InChI is InChI=1S/C13H22N2O3/c1-4-6-7-10(5-2)9-15-12(17)8-11(16)14(3)13(15)18/h10H,4-9H2,1-3H3. The zero-order valence-corrected chi connectivity index (χ0v) is 11.4. The Balaban J connectivity index is 2.66. The van der Waals surface area contributed by atoms with Crippen LogP contribution in [0.15, 0.2) is 0 Å². The molecule has 1 heterocycles. The van der Waals surface area contributed by atoms with Gasteiger partial charge in [0.15, 0.2) is 0 Å². The van der Waals surface area contributed by atoms with Crippen LogP contribution in [0.4, 0.5) is 4.79 Å². The van der Waals surface area contributed by atoms with Gasteiger partial charge in [0.05, 0.1) is 0 Å². The number of urea groups is 1. The Morgan fingerprint density at radius 3 is 2.39 bits per heavy atom. The van der Waals surface area contributed by atoms with Crippen LogP contribution < -0.4 is 0 Å². The van der Waals surface area contributed by atoms with Crippen LogP contribution in [-0.4, -0.2) is 41.2 Å². The summed E-state index contributed by atoms with van der Waals surface area (Å²) in [6, 6.07) is -0.480. The minimum atomic E-state index is -0.480. The smallest absolute Gasteiger partial charge is 0.274 e. The first-order chi connectivity index (χ1) is 8.51.